The third-order valence-electron chi connectivity index (χ3n) is 7.14. The maximum Gasteiger partial charge on any atom is 0.410 e. The minimum absolute atomic E-state index is 0.0321. The highest BCUT2D eigenvalue weighted by atomic mass is 19.1. The van der Waals surface area contributed by atoms with Gasteiger partial charge in [-0.3, -0.25) is 9.59 Å². The van der Waals surface area contributed by atoms with Crippen LogP contribution in [0.4, 0.5) is 20.6 Å². The van der Waals surface area contributed by atoms with Gasteiger partial charge >= 0.3 is 6.09 Å². The van der Waals surface area contributed by atoms with E-state index in [0.29, 0.717) is 31.9 Å². The summed E-state index contributed by atoms with van der Waals surface area (Å²) in [5, 5.41) is 2.68. The van der Waals surface area contributed by atoms with E-state index in [9.17, 15) is 18.8 Å². The van der Waals surface area contributed by atoms with Gasteiger partial charge in [-0.2, -0.15) is 0 Å². The molecule has 1 saturated heterocycles. The first kappa shape index (κ1) is 26.5. The van der Waals surface area contributed by atoms with Crippen LogP contribution in [0.1, 0.15) is 54.7 Å². The van der Waals surface area contributed by atoms with Gasteiger partial charge in [0.15, 0.2) is 0 Å². The molecule has 204 valence electrons. The third kappa shape index (κ3) is 5.67. The molecule has 9 heteroatoms. The second-order valence-corrected chi connectivity index (χ2v) is 10.9. The second kappa shape index (κ2) is 10.6. The number of anilines is 2. The fourth-order valence-electron chi connectivity index (χ4n) is 5.31. The normalized spacial score (nSPS) is 17.1. The first-order valence-corrected chi connectivity index (χ1v) is 13.2. The van der Waals surface area contributed by atoms with Gasteiger partial charge in [0.05, 0.1) is 6.04 Å². The molecule has 5 rings (SSSR count). The largest absolute Gasteiger partial charge is 0.444 e. The van der Waals surface area contributed by atoms with E-state index in [-0.39, 0.29) is 23.3 Å². The zero-order chi connectivity index (χ0) is 27.7. The van der Waals surface area contributed by atoms with Crippen molar-refractivity contribution >= 4 is 23.4 Å². The molecule has 2 aliphatic rings. The van der Waals surface area contributed by atoms with Gasteiger partial charge < -0.3 is 24.4 Å². The van der Waals surface area contributed by atoms with Crippen molar-refractivity contribution in [2.45, 2.75) is 45.3 Å². The van der Waals surface area contributed by atoms with Crippen LogP contribution >= 0.6 is 0 Å². The molecule has 1 aliphatic carbocycles. The summed E-state index contributed by atoms with van der Waals surface area (Å²) in [4.78, 5) is 42.8. The van der Waals surface area contributed by atoms with E-state index < -0.39 is 17.3 Å². The predicted octanol–water partition coefficient (Wildman–Crippen LogP) is 4.83. The molecule has 1 fully saturated rings. The molecule has 0 bridgehead atoms. The lowest BCUT2D eigenvalue weighted by Gasteiger charge is -2.37. The molecule has 1 unspecified atom stereocenters. The van der Waals surface area contributed by atoms with Crippen LogP contribution in [-0.2, 0) is 11.2 Å². The maximum atomic E-state index is 13.4. The van der Waals surface area contributed by atoms with Crippen LogP contribution in [0.2, 0.25) is 0 Å². The van der Waals surface area contributed by atoms with Crippen LogP contribution in [0.25, 0.3) is 0 Å². The Morgan fingerprint density at radius 3 is 2.38 bits per heavy atom. The maximum absolute atomic E-state index is 13.4. The zero-order valence-corrected chi connectivity index (χ0v) is 22.4. The van der Waals surface area contributed by atoms with Crippen LogP contribution < -0.4 is 15.8 Å². The molecule has 1 N–H and O–H groups in total. The predicted molar refractivity (Wildman–Crippen MR) is 148 cm³/mol. The lowest BCUT2D eigenvalue weighted by atomic mass is 10.0. The van der Waals surface area contributed by atoms with Crippen molar-refractivity contribution in [3.05, 3.63) is 93.7 Å². The number of hydrogen-bond acceptors (Lipinski definition) is 5. The van der Waals surface area contributed by atoms with Crippen LogP contribution in [0.15, 0.2) is 65.6 Å². The van der Waals surface area contributed by atoms with E-state index >= 15 is 0 Å². The van der Waals surface area contributed by atoms with Crippen LogP contribution in [0.3, 0.4) is 0 Å². The van der Waals surface area contributed by atoms with E-state index in [1.165, 1.54) is 35.9 Å². The quantitative estimate of drug-likeness (QED) is 0.520. The molecule has 1 aromatic heterocycles. The number of benzene rings is 2. The Morgan fingerprint density at radius 2 is 1.69 bits per heavy atom. The van der Waals surface area contributed by atoms with Gasteiger partial charge in [0.1, 0.15) is 17.0 Å². The van der Waals surface area contributed by atoms with Crippen molar-refractivity contribution in [3.8, 4) is 0 Å². The second-order valence-electron chi connectivity index (χ2n) is 10.9. The lowest BCUT2D eigenvalue weighted by molar-refractivity contribution is 0.0240. The van der Waals surface area contributed by atoms with E-state index in [2.05, 4.69) is 16.3 Å². The Hall–Kier alpha value is -4.14. The van der Waals surface area contributed by atoms with E-state index in [1.807, 2.05) is 32.9 Å². The van der Waals surface area contributed by atoms with Crippen LogP contribution in [0.5, 0.6) is 0 Å². The topological polar surface area (TPSA) is 83.9 Å². The van der Waals surface area contributed by atoms with E-state index in [1.54, 1.807) is 21.7 Å². The van der Waals surface area contributed by atoms with Gasteiger partial charge in [0.25, 0.3) is 11.5 Å². The molecule has 0 spiro atoms. The summed E-state index contributed by atoms with van der Waals surface area (Å²) < 4.78 is 20.4. The molecule has 2 amide bonds. The number of fused-ring (bicyclic) bond motifs is 1. The van der Waals surface area contributed by atoms with Crippen molar-refractivity contribution in [1.82, 2.24) is 9.47 Å². The first-order valence-electron chi connectivity index (χ1n) is 13.2. The van der Waals surface area contributed by atoms with Crippen molar-refractivity contribution in [1.29, 1.82) is 0 Å². The molecule has 2 aromatic carbocycles. The Morgan fingerprint density at radius 1 is 0.974 bits per heavy atom. The number of pyridine rings is 1. The molecule has 3 aromatic rings. The summed E-state index contributed by atoms with van der Waals surface area (Å²) in [6, 6.07) is 14.6. The number of rotatable bonds is 4. The van der Waals surface area contributed by atoms with Gasteiger partial charge in [0.2, 0.25) is 0 Å². The van der Waals surface area contributed by atoms with Crippen molar-refractivity contribution < 1.29 is 18.7 Å². The van der Waals surface area contributed by atoms with Gasteiger partial charge in [-0.15, -0.1) is 0 Å². The summed E-state index contributed by atoms with van der Waals surface area (Å²) in [7, 11) is 0. The minimum atomic E-state index is -0.532. The van der Waals surface area contributed by atoms with Gasteiger partial charge in [-0.05, 0) is 87.2 Å². The summed E-state index contributed by atoms with van der Waals surface area (Å²) in [6.45, 7) is 8.13. The standard InChI is InChI=1S/C30H33FN4O4/c1-30(2,3)39-29(38)34-18-16-33(17-19-34)25-8-4-6-22-23(25)13-14-26(22)35-15-5-7-24(28(35)37)27(36)32-21-11-9-20(31)10-12-21/h4-12,15,26H,13-14,16-19H2,1-3H3,(H,32,36). The van der Waals surface area contributed by atoms with Crippen molar-refractivity contribution in [2.75, 3.05) is 36.4 Å². The molecular formula is C30H33FN4O4. The fourth-order valence-corrected chi connectivity index (χ4v) is 5.31. The number of nitrogens with zero attached hydrogens (tertiary/aromatic N) is 3. The van der Waals surface area contributed by atoms with Crippen LogP contribution in [0, 0.1) is 5.82 Å². The first-order chi connectivity index (χ1) is 18.6. The monoisotopic (exact) mass is 532 g/mol. The summed E-state index contributed by atoms with van der Waals surface area (Å²) in [5.41, 5.74) is 2.94. The smallest absolute Gasteiger partial charge is 0.410 e. The SMILES string of the molecule is CC(C)(C)OC(=O)N1CCN(c2cccc3c2CCC3n2cccc(C(=O)Nc3ccc(F)cc3)c2=O)CC1. The number of nitrogens with one attached hydrogen (secondary N) is 1. The Bertz CT molecular complexity index is 1440. The van der Waals surface area contributed by atoms with Gasteiger partial charge in [-0.1, -0.05) is 12.1 Å². The number of hydrogen-bond donors (Lipinski definition) is 1. The number of piperazine rings is 1. The Labute approximate surface area is 227 Å². The molecular weight excluding hydrogens is 499 g/mol. The molecule has 2 heterocycles. The average Bonchev–Trinajstić information content (AvgIpc) is 3.33. The number of amides is 2. The molecule has 0 radical (unpaired) electrons. The van der Waals surface area contributed by atoms with Gasteiger partial charge in [-0.25, -0.2) is 9.18 Å². The highest BCUT2D eigenvalue weighted by Crippen LogP contribution is 2.39. The average molecular weight is 533 g/mol. The Kier molecular flexibility index (Phi) is 7.16. The number of carbonyl (C=O) groups is 2. The van der Waals surface area contributed by atoms with E-state index in [0.717, 1.165) is 24.1 Å². The van der Waals surface area contributed by atoms with Crippen LogP contribution in [-0.4, -0.2) is 53.2 Å². The number of aromatic nitrogens is 1. The number of ether oxygens (including phenoxy) is 1. The number of carbonyl (C=O) groups excluding carboxylic acids is 2. The number of halogens is 1. The minimum Gasteiger partial charge on any atom is -0.444 e. The highest BCUT2D eigenvalue weighted by Gasteiger charge is 2.31. The van der Waals surface area contributed by atoms with E-state index in [4.69, 9.17) is 4.74 Å². The highest BCUT2D eigenvalue weighted by molar-refractivity contribution is 6.04. The molecule has 1 aliphatic heterocycles. The fraction of sp³-hybridized carbons (Fsp3) is 0.367. The third-order valence-corrected chi connectivity index (χ3v) is 7.14. The van der Waals surface area contributed by atoms with Crippen molar-refractivity contribution in [3.63, 3.8) is 0 Å². The summed E-state index contributed by atoms with van der Waals surface area (Å²) in [5.74, 6) is -0.935. The molecule has 8 nitrogen and oxygen atoms in total. The molecule has 39 heavy (non-hydrogen) atoms. The molecule has 0 saturated carbocycles. The summed E-state index contributed by atoms with van der Waals surface area (Å²) in [6.07, 6.45) is 2.99. The molecule has 1 atom stereocenters. The summed E-state index contributed by atoms with van der Waals surface area (Å²) >= 11 is 0. The van der Waals surface area contributed by atoms with Crippen molar-refractivity contribution in [2.24, 2.45) is 0 Å². The lowest BCUT2D eigenvalue weighted by Crippen LogP contribution is -2.50. The zero-order valence-electron chi connectivity index (χ0n) is 22.4. The van der Waals surface area contributed by atoms with Gasteiger partial charge in [0, 0.05) is 43.8 Å². The Balaban J connectivity index is 1.33.